The van der Waals surface area contributed by atoms with Crippen molar-refractivity contribution in [2.75, 3.05) is 18.1 Å². The summed E-state index contributed by atoms with van der Waals surface area (Å²) in [7, 11) is 1.68. The van der Waals surface area contributed by atoms with Gasteiger partial charge in [0.1, 0.15) is 27.8 Å². The lowest BCUT2D eigenvalue weighted by atomic mass is 10.1. The van der Waals surface area contributed by atoms with Crippen molar-refractivity contribution in [3.05, 3.63) is 35.9 Å². The number of aromatic nitrogens is 2. The highest BCUT2D eigenvalue weighted by Crippen LogP contribution is 2.33. The fraction of sp³-hybridized carbons (Fsp3) is 0.0769. The molecule has 3 aromatic rings. The molecule has 4 nitrogen and oxygen atoms in total. The molecule has 0 spiro atoms. The van der Waals surface area contributed by atoms with E-state index in [4.69, 9.17) is 5.73 Å². The minimum absolute atomic E-state index is 0.261. The molecule has 3 rings (SSSR count). The van der Waals surface area contributed by atoms with Crippen molar-refractivity contribution in [3.8, 4) is 11.1 Å². The number of fused-ring (bicyclic) bond motifs is 1. The van der Waals surface area contributed by atoms with E-state index >= 15 is 0 Å². The Kier molecular flexibility index (Phi) is 2.98. The predicted molar refractivity (Wildman–Crippen MR) is 76.7 cm³/mol. The molecule has 0 fully saturated rings. The number of halogens is 2. The van der Waals surface area contributed by atoms with E-state index in [1.165, 1.54) is 23.5 Å². The zero-order valence-corrected chi connectivity index (χ0v) is 11.3. The van der Waals surface area contributed by atoms with Crippen LogP contribution < -0.4 is 11.1 Å². The van der Waals surface area contributed by atoms with Crippen molar-refractivity contribution < 1.29 is 8.78 Å². The summed E-state index contributed by atoms with van der Waals surface area (Å²) in [4.78, 5) is 9.16. The van der Waals surface area contributed by atoms with Gasteiger partial charge in [0.2, 0.25) is 0 Å². The molecule has 2 aromatic heterocycles. The molecular weight excluding hydrogens is 282 g/mol. The molecule has 0 aliphatic carbocycles. The van der Waals surface area contributed by atoms with Crippen molar-refractivity contribution in [3.63, 3.8) is 0 Å². The lowest BCUT2D eigenvalue weighted by molar-refractivity contribution is 0.585. The lowest BCUT2D eigenvalue weighted by Gasteiger charge is -2.09. The molecule has 3 N–H and O–H groups in total. The lowest BCUT2D eigenvalue weighted by Crippen LogP contribution is -1.97. The molecule has 0 atom stereocenters. The minimum Gasteiger partial charge on any atom is -0.375 e. The van der Waals surface area contributed by atoms with Crippen LogP contribution in [0.1, 0.15) is 0 Å². The number of thiazole rings is 1. The van der Waals surface area contributed by atoms with Crippen LogP contribution in [0, 0.1) is 11.6 Å². The van der Waals surface area contributed by atoms with Gasteiger partial charge in [0.05, 0.1) is 0 Å². The van der Waals surface area contributed by atoms with Gasteiger partial charge >= 0.3 is 0 Å². The van der Waals surface area contributed by atoms with Crippen molar-refractivity contribution in [2.45, 2.75) is 0 Å². The third kappa shape index (κ3) is 2.05. The first kappa shape index (κ1) is 12.7. The molecule has 0 aliphatic heterocycles. The molecule has 0 saturated heterocycles. The molecular formula is C13H10F2N4S. The first-order valence-electron chi connectivity index (χ1n) is 5.78. The Hall–Kier alpha value is -2.28. The van der Waals surface area contributed by atoms with E-state index in [9.17, 15) is 8.78 Å². The molecule has 0 aliphatic rings. The highest BCUT2D eigenvalue weighted by atomic mass is 32.1. The maximum Gasteiger partial charge on any atom is 0.182 e. The van der Waals surface area contributed by atoms with Gasteiger partial charge in [0.15, 0.2) is 5.13 Å². The Morgan fingerprint density at radius 1 is 1.15 bits per heavy atom. The second kappa shape index (κ2) is 4.68. The summed E-state index contributed by atoms with van der Waals surface area (Å²) in [5, 5.41) is 3.30. The van der Waals surface area contributed by atoms with Crippen molar-refractivity contribution in [1.82, 2.24) is 9.97 Å². The van der Waals surface area contributed by atoms with Crippen LogP contribution in [0.3, 0.4) is 0 Å². The summed E-state index contributed by atoms with van der Waals surface area (Å²) in [6.45, 7) is 0. The largest absolute Gasteiger partial charge is 0.375 e. The number of hydrogen-bond acceptors (Lipinski definition) is 5. The first-order chi connectivity index (χ1) is 9.58. The molecule has 0 radical (unpaired) electrons. The normalized spacial score (nSPS) is 10.9. The molecule has 20 heavy (non-hydrogen) atoms. The molecule has 0 bridgehead atoms. The van der Waals surface area contributed by atoms with Gasteiger partial charge in [-0.25, -0.2) is 18.7 Å². The summed E-state index contributed by atoms with van der Waals surface area (Å²) in [6.07, 6.45) is 0. The Morgan fingerprint density at radius 2 is 1.95 bits per heavy atom. The van der Waals surface area contributed by atoms with E-state index in [1.54, 1.807) is 13.1 Å². The molecule has 2 heterocycles. The van der Waals surface area contributed by atoms with Gasteiger partial charge in [-0.3, -0.25) is 0 Å². The number of nitrogens with one attached hydrogen (secondary N) is 1. The number of hydrogen-bond donors (Lipinski definition) is 2. The topological polar surface area (TPSA) is 63.8 Å². The molecule has 1 aromatic carbocycles. The number of nitrogen functional groups attached to an aromatic ring is 1. The third-order valence-corrected chi connectivity index (χ3v) is 3.65. The summed E-state index contributed by atoms with van der Waals surface area (Å²) < 4.78 is 26.9. The van der Waals surface area contributed by atoms with Crippen LogP contribution in [-0.2, 0) is 0 Å². The molecule has 0 saturated carbocycles. The van der Waals surface area contributed by atoms with Gasteiger partial charge in [-0.2, -0.15) is 0 Å². The highest BCUT2D eigenvalue weighted by molar-refractivity contribution is 7.21. The zero-order chi connectivity index (χ0) is 14.3. The second-order valence-electron chi connectivity index (χ2n) is 4.14. The van der Waals surface area contributed by atoms with Crippen LogP contribution in [0.5, 0.6) is 0 Å². The summed E-state index contributed by atoms with van der Waals surface area (Å²) in [5.74, 6) is -0.776. The fourth-order valence-corrected chi connectivity index (χ4v) is 2.67. The van der Waals surface area contributed by atoms with E-state index in [0.717, 1.165) is 6.07 Å². The Labute approximate surface area is 117 Å². The number of benzene rings is 1. The van der Waals surface area contributed by atoms with Gasteiger partial charge in [-0.1, -0.05) is 11.3 Å². The van der Waals surface area contributed by atoms with Gasteiger partial charge < -0.3 is 11.1 Å². The van der Waals surface area contributed by atoms with Gasteiger partial charge in [-0.15, -0.1) is 0 Å². The number of rotatable bonds is 2. The first-order valence-corrected chi connectivity index (χ1v) is 6.60. The third-order valence-electron chi connectivity index (χ3n) is 2.86. The maximum atomic E-state index is 13.9. The van der Waals surface area contributed by atoms with E-state index in [2.05, 4.69) is 15.3 Å². The van der Waals surface area contributed by atoms with Gasteiger partial charge in [0, 0.05) is 24.2 Å². The Balaban J connectivity index is 2.27. The predicted octanol–water partition coefficient (Wildman–Crippen LogP) is 3.26. The van der Waals surface area contributed by atoms with E-state index in [0.29, 0.717) is 26.9 Å². The van der Waals surface area contributed by atoms with Crippen LogP contribution >= 0.6 is 11.3 Å². The van der Waals surface area contributed by atoms with E-state index in [1.807, 2.05) is 0 Å². The summed E-state index contributed by atoms with van der Waals surface area (Å²) in [6, 6.07) is 5.12. The molecule has 7 heteroatoms. The van der Waals surface area contributed by atoms with Gasteiger partial charge in [0.25, 0.3) is 0 Å². The summed E-state index contributed by atoms with van der Waals surface area (Å²) >= 11 is 1.25. The summed E-state index contributed by atoms with van der Waals surface area (Å²) in [5.41, 5.74) is 7.01. The highest BCUT2D eigenvalue weighted by Gasteiger charge is 2.14. The smallest absolute Gasteiger partial charge is 0.182 e. The number of pyridine rings is 1. The number of anilines is 2. The van der Waals surface area contributed by atoms with Crippen molar-refractivity contribution in [1.29, 1.82) is 0 Å². The zero-order valence-electron chi connectivity index (χ0n) is 10.4. The number of nitrogens with zero attached hydrogens (tertiary/aromatic N) is 2. The molecule has 0 amide bonds. The fourth-order valence-electron chi connectivity index (χ4n) is 1.99. The standard InChI is InChI=1S/C13H10F2N4S/c1-17-11-8(7-3-2-6(14)4-9(7)15)5-10-12(19-11)20-13(16)18-10/h2-5H,1H3,(H2,16,18)(H,17,19). The van der Waals surface area contributed by atoms with Crippen molar-refractivity contribution in [2.24, 2.45) is 0 Å². The van der Waals surface area contributed by atoms with Crippen LogP contribution in [-0.4, -0.2) is 17.0 Å². The molecule has 0 unspecified atom stereocenters. The van der Waals surface area contributed by atoms with E-state index in [-0.39, 0.29) is 5.56 Å². The quantitative estimate of drug-likeness (QED) is 0.761. The van der Waals surface area contributed by atoms with Gasteiger partial charge in [-0.05, 0) is 18.2 Å². The monoisotopic (exact) mass is 292 g/mol. The number of nitrogens with two attached hydrogens (primary N) is 1. The Bertz CT molecular complexity index is 800. The van der Waals surface area contributed by atoms with Crippen LogP contribution in [0.2, 0.25) is 0 Å². The maximum absolute atomic E-state index is 13.9. The second-order valence-corrected chi connectivity index (χ2v) is 5.14. The van der Waals surface area contributed by atoms with Crippen LogP contribution in [0.4, 0.5) is 19.7 Å². The van der Waals surface area contributed by atoms with Crippen molar-refractivity contribution >= 4 is 32.6 Å². The average molecular weight is 292 g/mol. The average Bonchev–Trinajstić information content (AvgIpc) is 2.76. The SMILES string of the molecule is CNc1nc2sc(N)nc2cc1-c1ccc(F)cc1F. The van der Waals surface area contributed by atoms with E-state index < -0.39 is 11.6 Å². The van der Waals surface area contributed by atoms with Crippen LogP contribution in [0.25, 0.3) is 21.5 Å². The Morgan fingerprint density at radius 3 is 2.65 bits per heavy atom. The molecule has 102 valence electrons. The minimum atomic E-state index is -0.647. The van der Waals surface area contributed by atoms with Crippen LogP contribution in [0.15, 0.2) is 24.3 Å².